The zero-order valence-electron chi connectivity index (χ0n) is 10.8. The summed E-state index contributed by atoms with van der Waals surface area (Å²) in [6.07, 6.45) is 0. The van der Waals surface area contributed by atoms with E-state index in [1.165, 1.54) is 0 Å². The van der Waals surface area contributed by atoms with Crippen LogP contribution in [0.1, 0.15) is 9.78 Å². The molecule has 0 spiro atoms. The Balaban J connectivity index is -0.000000750. The molecule has 0 aliphatic rings. The first-order valence-electron chi connectivity index (χ1n) is 4.35. The number of halogens is 2. The third-order valence-corrected chi connectivity index (χ3v) is 2.04. The van der Waals surface area contributed by atoms with Crippen LogP contribution in [0.2, 0.25) is 0 Å². The van der Waals surface area contributed by atoms with Crippen LogP contribution in [0.25, 0.3) is 0 Å². The van der Waals surface area contributed by atoms with E-state index in [2.05, 4.69) is 0 Å². The first-order valence-corrected chi connectivity index (χ1v) is 5.11. The average molecular weight is 291 g/mol. The van der Waals surface area contributed by atoms with E-state index in [1.807, 2.05) is 0 Å². The maximum absolute atomic E-state index is 11.4. The van der Waals surface area contributed by atoms with E-state index in [1.54, 1.807) is 37.3 Å². The van der Waals surface area contributed by atoms with Crippen LogP contribution >= 0.6 is 23.2 Å². The Labute approximate surface area is 137 Å². The molecular weight excluding hydrogens is 279 g/mol. The summed E-state index contributed by atoms with van der Waals surface area (Å²) in [5.41, 5.74) is 0. The van der Waals surface area contributed by atoms with Crippen molar-refractivity contribution < 1.29 is 17.1 Å². The van der Waals surface area contributed by atoms with Crippen LogP contribution in [0, 0.1) is 0 Å². The first kappa shape index (κ1) is 16.5. The minimum Gasteiger partial charge on any atom is -1.00 e. The Bertz CT molecular complexity index is 339. The second kappa shape index (κ2) is 7.75. The Morgan fingerprint density at radius 1 is 1.38 bits per heavy atom. The summed E-state index contributed by atoms with van der Waals surface area (Å²) in [6.45, 7) is 1.90. The van der Waals surface area contributed by atoms with Crippen LogP contribution in [0.15, 0.2) is 30.3 Å². The third kappa shape index (κ3) is 5.21. The van der Waals surface area contributed by atoms with Gasteiger partial charge in [-0.3, -0.25) is 0 Å². The zero-order valence-corrected chi connectivity index (χ0v) is 12.5. The van der Waals surface area contributed by atoms with Gasteiger partial charge in [-0.05, 0) is 19.1 Å². The van der Waals surface area contributed by atoms with E-state index in [-0.39, 0.29) is 47.2 Å². The fourth-order valence-corrected chi connectivity index (χ4v) is 1.19. The van der Waals surface area contributed by atoms with Gasteiger partial charge in [0.2, 0.25) is 0 Å². The summed E-state index contributed by atoms with van der Waals surface area (Å²) in [5, 5.41) is 0. The number of ether oxygens (including phenoxy) is 2. The molecule has 0 radical (unpaired) electrons. The van der Waals surface area contributed by atoms with Gasteiger partial charge in [-0.25, -0.2) is 4.79 Å². The van der Waals surface area contributed by atoms with Gasteiger partial charge >= 0.3 is 48.2 Å². The summed E-state index contributed by atoms with van der Waals surface area (Å²) >= 11 is 11.2. The zero-order chi connectivity index (χ0) is 11.3. The van der Waals surface area contributed by atoms with Gasteiger partial charge in [-0.2, -0.15) is 0 Å². The van der Waals surface area contributed by atoms with Gasteiger partial charge in [0.15, 0.2) is 0 Å². The topological polar surface area (TPSA) is 35.5 Å². The standard InChI is InChI=1S/C10H10Cl2O3.Ca.2H/c1-2-14-10(11,12)9(13)15-8-6-4-3-5-7-8;;;/h3-7H,2H2,1H3;;;/q;+2;2*-1. The molecule has 1 rings (SSSR count). The largest absolute Gasteiger partial charge is 2.00 e. The summed E-state index contributed by atoms with van der Waals surface area (Å²) in [7, 11) is 0. The maximum atomic E-state index is 11.4. The number of carbonyl (C=O) groups excluding carboxylic acids is 1. The van der Waals surface area contributed by atoms with Crippen molar-refractivity contribution in [3.8, 4) is 5.75 Å². The fourth-order valence-electron chi connectivity index (χ4n) is 0.895. The van der Waals surface area contributed by atoms with E-state index in [0.717, 1.165) is 0 Å². The van der Waals surface area contributed by atoms with Gasteiger partial charge in [-0.15, -0.1) is 0 Å². The van der Waals surface area contributed by atoms with E-state index >= 15 is 0 Å². The van der Waals surface area contributed by atoms with Gasteiger partial charge in [0.1, 0.15) is 5.75 Å². The molecule has 0 N–H and O–H groups in total. The monoisotopic (exact) mass is 290 g/mol. The molecule has 1 aromatic rings. The van der Waals surface area contributed by atoms with Crippen molar-refractivity contribution in [2.45, 2.75) is 11.4 Å². The van der Waals surface area contributed by atoms with Crippen molar-refractivity contribution in [1.29, 1.82) is 0 Å². The molecule has 0 aromatic heterocycles. The number of alkyl halides is 2. The molecule has 0 heterocycles. The second-order valence-corrected chi connectivity index (χ2v) is 3.91. The molecular formula is C10H12CaCl2O3. The molecule has 0 atom stereocenters. The minimum atomic E-state index is -1.95. The molecule has 16 heavy (non-hydrogen) atoms. The van der Waals surface area contributed by atoms with Crippen LogP contribution in [0.3, 0.4) is 0 Å². The van der Waals surface area contributed by atoms with Crippen molar-refractivity contribution in [3.63, 3.8) is 0 Å². The Kier molecular flexibility index (Phi) is 7.98. The Morgan fingerprint density at radius 2 is 1.94 bits per heavy atom. The predicted octanol–water partition coefficient (Wildman–Crippen LogP) is 2.60. The Hall–Kier alpha value is 0.490. The maximum Gasteiger partial charge on any atom is 2.00 e. The number of rotatable bonds is 4. The summed E-state index contributed by atoms with van der Waals surface area (Å²) in [6, 6.07) is 8.50. The number of para-hydroxylation sites is 1. The summed E-state index contributed by atoms with van der Waals surface area (Å²) < 4.78 is 7.77. The molecule has 0 saturated carbocycles. The molecule has 0 bridgehead atoms. The van der Waals surface area contributed by atoms with Crippen LogP contribution in [0.5, 0.6) is 5.75 Å². The van der Waals surface area contributed by atoms with Crippen molar-refractivity contribution in [1.82, 2.24) is 0 Å². The number of esters is 1. The summed E-state index contributed by atoms with van der Waals surface area (Å²) in [5.74, 6) is -0.480. The van der Waals surface area contributed by atoms with E-state index in [0.29, 0.717) is 5.75 Å². The van der Waals surface area contributed by atoms with Crippen molar-refractivity contribution in [2.24, 2.45) is 0 Å². The van der Waals surface area contributed by atoms with Crippen molar-refractivity contribution >= 4 is 66.9 Å². The third-order valence-electron chi connectivity index (χ3n) is 1.52. The number of benzene rings is 1. The summed E-state index contributed by atoms with van der Waals surface area (Å²) in [4.78, 5) is 11.4. The predicted molar refractivity (Wildman–Crippen MR) is 66.1 cm³/mol. The quantitative estimate of drug-likeness (QED) is 0.370. The van der Waals surface area contributed by atoms with E-state index in [4.69, 9.17) is 32.7 Å². The van der Waals surface area contributed by atoms with Crippen LogP contribution in [0.4, 0.5) is 0 Å². The normalized spacial score (nSPS) is 10.4. The van der Waals surface area contributed by atoms with Crippen molar-refractivity contribution in [3.05, 3.63) is 30.3 Å². The second-order valence-electron chi connectivity index (χ2n) is 2.65. The fraction of sp³-hybridized carbons (Fsp3) is 0.300. The molecule has 0 aliphatic carbocycles. The van der Waals surface area contributed by atoms with Gasteiger partial charge in [0.05, 0.1) is 0 Å². The molecule has 86 valence electrons. The number of hydrogen-bond acceptors (Lipinski definition) is 3. The van der Waals surface area contributed by atoms with Crippen LogP contribution < -0.4 is 4.74 Å². The SMILES string of the molecule is CCOC(Cl)(Cl)C(=O)Oc1ccccc1.[Ca+2].[H-].[H-]. The number of hydrogen-bond donors (Lipinski definition) is 0. The van der Waals surface area contributed by atoms with Gasteiger partial charge in [-0.1, -0.05) is 41.4 Å². The van der Waals surface area contributed by atoms with Gasteiger partial charge < -0.3 is 12.3 Å². The molecule has 1 aromatic carbocycles. The molecule has 6 heteroatoms. The van der Waals surface area contributed by atoms with Gasteiger partial charge in [0.25, 0.3) is 0 Å². The minimum absolute atomic E-state index is 0. The molecule has 0 fully saturated rings. The molecule has 0 amide bonds. The molecule has 3 nitrogen and oxygen atoms in total. The molecule has 0 saturated heterocycles. The molecule has 0 unspecified atom stereocenters. The van der Waals surface area contributed by atoms with E-state index < -0.39 is 10.5 Å². The van der Waals surface area contributed by atoms with Crippen molar-refractivity contribution in [2.75, 3.05) is 6.61 Å². The smallest absolute Gasteiger partial charge is 1.00 e. The average Bonchev–Trinajstić information content (AvgIpc) is 2.19. The Morgan fingerprint density at radius 3 is 2.44 bits per heavy atom. The molecule has 0 aliphatic heterocycles. The van der Waals surface area contributed by atoms with E-state index in [9.17, 15) is 4.79 Å². The van der Waals surface area contributed by atoms with Crippen LogP contribution in [-0.2, 0) is 9.53 Å². The number of carbonyl (C=O) groups is 1. The first-order chi connectivity index (χ1) is 7.06. The van der Waals surface area contributed by atoms with Crippen LogP contribution in [-0.4, -0.2) is 54.8 Å². The van der Waals surface area contributed by atoms with Gasteiger partial charge in [0, 0.05) is 6.61 Å².